The summed E-state index contributed by atoms with van der Waals surface area (Å²) in [4.78, 5) is -0.0834. The van der Waals surface area contributed by atoms with Crippen LogP contribution in [-0.2, 0) is 10.0 Å². The normalized spacial score (nSPS) is 10.8. The quantitative estimate of drug-likeness (QED) is 0.837. The number of sulfonamides is 1. The van der Waals surface area contributed by atoms with Crippen molar-refractivity contribution < 1.29 is 18.0 Å². The van der Waals surface area contributed by atoms with Crippen molar-refractivity contribution in [3.05, 3.63) is 41.1 Å². The highest BCUT2D eigenvalue weighted by Crippen LogP contribution is 2.24. The number of rotatable bonds is 4. The second kappa shape index (κ2) is 6.63. The highest BCUT2D eigenvalue weighted by molar-refractivity contribution is 7.92. The molecular weight excluding hydrogens is 316 g/mol. The minimum Gasteiger partial charge on any atom is -0.395 e. The number of halogens is 1. The fraction of sp³-hybridized carbons (Fsp3) is 0.154. The van der Waals surface area contributed by atoms with Gasteiger partial charge in [-0.15, -0.1) is 0 Å². The van der Waals surface area contributed by atoms with E-state index in [0.29, 0.717) is 12.0 Å². The molecule has 2 aromatic rings. The van der Waals surface area contributed by atoms with Crippen molar-refractivity contribution in [2.45, 2.75) is 11.3 Å². The van der Waals surface area contributed by atoms with Gasteiger partial charge in [0.1, 0.15) is 11.2 Å². The Morgan fingerprint density at radius 1 is 1.38 bits per heavy atom. The van der Waals surface area contributed by atoms with Gasteiger partial charge >= 0.3 is 0 Å². The average molecular weight is 327 g/mol. The molecule has 0 fully saturated rings. The van der Waals surface area contributed by atoms with E-state index in [2.05, 4.69) is 26.2 Å². The maximum Gasteiger partial charge on any atom is 0.264 e. The van der Waals surface area contributed by atoms with Crippen molar-refractivity contribution in [3.8, 4) is 11.8 Å². The molecule has 6 nitrogen and oxygen atoms in total. The number of aliphatic hydroxyl groups excluding tert-OH is 1. The van der Waals surface area contributed by atoms with Crippen LogP contribution in [0.5, 0.6) is 0 Å². The van der Waals surface area contributed by atoms with Gasteiger partial charge in [-0.2, -0.15) is 0 Å². The second-order valence-electron chi connectivity index (χ2n) is 3.91. The Balaban J connectivity index is 2.26. The molecule has 1 aromatic heterocycles. The van der Waals surface area contributed by atoms with Crippen molar-refractivity contribution in [3.63, 3.8) is 0 Å². The molecule has 0 spiro atoms. The molecule has 0 unspecified atom stereocenters. The van der Waals surface area contributed by atoms with Gasteiger partial charge in [0, 0.05) is 18.1 Å². The van der Waals surface area contributed by atoms with Gasteiger partial charge in [-0.05, 0) is 18.2 Å². The number of nitrogens with one attached hydrogen (secondary N) is 1. The summed E-state index contributed by atoms with van der Waals surface area (Å²) in [6.45, 7) is -0.0329. The van der Waals surface area contributed by atoms with Gasteiger partial charge in [0.05, 0.1) is 11.6 Å². The Morgan fingerprint density at radius 3 is 2.81 bits per heavy atom. The van der Waals surface area contributed by atoms with Crippen LogP contribution in [0.3, 0.4) is 0 Å². The fourth-order valence-corrected chi connectivity index (χ4v) is 3.01. The van der Waals surface area contributed by atoms with Crippen molar-refractivity contribution in [2.75, 3.05) is 11.3 Å². The number of anilines is 1. The smallest absolute Gasteiger partial charge is 0.264 e. The summed E-state index contributed by atoms with van der Waals surface area (Å²) < 4.78 is 31.1. The number of aromatic nitrogens is 1. The standard InChI is InChI=1S/C13H11ClN2O4S/c14-11-9-10(3-1-2-7-17)4-5-12(11)21(18,19)16-13-6-8-20-15-13/h4-6,8-9,17H,2,7H2,(H,15,16). The third-order valence-corrected chi connectivity index (χ3v) is 4.21. The van der Waals surface area contributed by atoms with Gasteiger partial charge in [0.15, 0.2) is 5.82 Å². The molecule has 1 heterocycles. The van der Waals surface area contributed by atoms with E-state index >= 15 is 0 Å². The van der Waals surface area contributed by atoms with Crippen LogP contribution in [0.4, 0.5) is 5.82 Å². The Morgan fingerprint density at radius 2 is 2.19 bits per heavy atom. The zero-order valence-electron chi connectivity index (χ0n) is 10.7. The van der Waals surface area contributed by atoms with Crippen LogP contribution in [-0.4, -0.2) is 25.3 Å². The lowest BCUT2D eigenvalue weighted by Crippen LogP contribution is -2.13. The van der Waals surface area contributed by atoms with Crippen molar-refractivity contribution >= 4 is 27.4 Å². The minimum atomic E-state index is -3.85. The topological polar surface area (TPSA) is 92.4 Å². The molecule has 0 aliphatic rings. The van der Waals surface area contributed by atoms with Gasteiger partial charge in [-0.3, -0.25) is 4.72 Å². The van der Waals surface area contributed by atoms with Crippen LogP contribution in [0.25, 0.3) is 0 Å². The minimum absolute atomic E-state index is 0.0329. The molecule has 0 aliphatic carbocycles. The molecule has 0 amide bonds. The van der Waals surface area contributed by atoms with E-state index in [-0.39, 0.29) is 22.3 Å². The Labute approximate surface area is 126 Å². The summed E-state index contributed by atoms with van der Waals surface area (Å²) in [7, 11) is -3.85. The summed E-state index contributed by atoms with van der Waals surface area (Å²) in [5, 5.41) is 12.2. The van der Waals surface area contributed by atoms with Crippen molar-refractivity contribution in [2.24, 2.45) is 0 Å². The first-order chi connectivity index (χ1) is 10.0. The maximum absolute atomic E-state index is 12.1. The molecule has 8 heteroatoms. The summed E-state index contributed by atoms with van der Waals surface area (Å²) in [5.41, 5.74) is 0.564. The summed E-state index contributed by atoms with van der Waals surface area (Å²) >= 11 is 5.99. The van der Waals surface area contributed by atoms with Gasteiger partial charge in [-0.1, -0.05) is 28.6 Å². The molecule has 0 bridgehead atoms. The number of aliphatic hydroxyl groups is 1. The largest absolute Gasteiger partial charge is 0.395 e. The van der Waals surface area contributed by atoms with Gasteiger partial charge < -0.3 is 9.63 Å². The van der Waals surface area contributed by atoms with Gasteiger partial charge in [0.25, 0.3) is 10.0 Å². The SMILES string of the molecule is O=S(=O)(Nc1ccon1)c1ccc(C#CCCO)cc1Cl. The second-order valence-corrected chi connectivity index (χ2v) is 5.97. The number of hydrogen-bond donors (Lipinski definition) is 2. The third-order valence-electron chi connectivity index (χ3n) is 2.37. The van der Waals surface area contributed by atoms with E-state index in [0.717, 1.165) is 0 Å². The number of benzene rings is 1. The highest BCUT2D eigenvalue weighted by atomic mass is 35.5. The van der Waals surface area contributed by atoms with E-state index in [1.54, 1.807) is 0 Å². The van der Waals surface area contributed by atoms with Crippen LogP contribution < -0.4 is 4.72 Å². The van der Waals surface area contributed by atoms with Crippen LogP contribution in [0.2, 0.25) is 5.02 Å². The summed E-state index contributed by atoms with van der Waals surface area (Å²) in [5.74, 6) is 5.57. The lowest BCUT2D eigenvalue weighted by Gasteiger charge is -2.07. The fourth-order valence-electron chi connectivity index (χ4n) is 1.47. The zero-order chi connectivity index (χ0) is 15.3. The molecule has 21 heavy (non-hydrogen) atoms. The van der Waals surface area contributed by atoms with E-state index < -0.39 is 10.0 Å². The first kappa shape index (κ1) is 15.4. The van der Waals surface area contributed by atoms with Crippen LogP contribution >= 0.6 is 11.6 Å². The van der Waals surface area contributed by atoms with Gasteiger partial charge in [0.2, 0.25) is 0 Å². The molecule has 2 N–H and O–H groups in total. The summed E-state index contributed by atoms with van der Waals surface area (Å²) in [6, 6.07) is 5.71. The van der Waals surface area contributed by atoms with E-state index in [1.807, 2.05) is 0 Å². The first-order valence-electron chi connectivity index (χ1n) is 5.85. The highest BCUT2D eigenvalue weighted by Gasteiger charge is 2.19. The molecule has 0 radical (unpaired) electrons. The van der Waals surface area contributed by atoms with Crippen LogP contribution in [0.15, 0.2) is 39.9 Å². The van der Waals surface area contributed by atoms with E-state index in [4.69, 9.17) is 16.7 Å². The Kier molecular flexibility index (Phi) is 4.85. The van der Waals surface area contributed by atoms with E-state index in [9.17, 15) is 8.42 Å². The van der Waals surface area contributed by atoms with E-state index in [1.165, 1.54) is 30.5 Å². The van der Waals surface area contributed by atoms with Crippen LogP contribution in [0.1, 0.15) is 12.0 Å². The third kappa shape index (κ3) is 3.98. The van der Waals surface area contributed by atoms with Crippen LogP contribution in [0, 0.1) is 11.8 Å². The number of nitrogens with zero attached hydrogens (tertiary/aromatic N) is 1. The molecule has 0 saturated heterocycles. The number of hydrogen-bond acceptors (Lipinski definition) is 5. The Hall–Kier alpha value is -2.01. The summed E-state index contributed by atoms with van der Waals surface area (Å²) in [6.07, 6.45) is 1.59. The first-order valence-corrected chi connectivity index (χ1v) is 7.71. The molecule has 0 saturated carbocycles. The maximum atomic E-state index is 12.1. The molecular formula is C13H11ClN2O4S. The average Bonchev–Trinajstić information content (AvgIpc) is 2.91. The van der Waals surface area contributed by atoms with Crippen molar-refractivity contribution in [1.82, 2.24) is 5.16 Å². The monoisotopic (exact) mass is 326 g/mol. The zero-order valence-corrected chi connectivity index (χ0v) is 12.3. The van der Waals surface area contributed by atoms with Crippen molar-refractivity contribution in [1.29, 1.82) is 0 Å². The predicted molar refractivity (Wildman–Crippen MR) is 77.3 cm³/mol. The lowest BCUT2D eigenvalue weighted by molar-refractivity contribution is 0.305. The molecule has 0 aliphatic heterocycles. The lowest BCUT2D eigenvalue weighted by atomic mass is 10.2. The molecule has 0 atom stereocenters. The molecule has 110 valence electrons. The molecule has 1 aromatic carbocycles. The van der Waals surface area contributed by atoms with Gasteiger partial charge in [-0.25, -0.2) is 8.42 Å². The molecule has 2 rings (SSSR count). The Bertz CT molecular complexity index is 776. The predicted octanol–water partition coefficient (Wildman–Crippen LogP) is 1.86.